The summed E-state index contributed by atoms with van der Waals surface area (Å²) in [6.45, 7) is 13.2. The summed E-state index contributed by atoms with van der Waals surface area (Å²) in [6, 6.07) is 12.7. The number of aryl methyl sites for hydroxylation is 1. The highest BCUT2D eigenvalue weighted by molar-refractivity contribution is 6.34. The van der Waals surface area contributed by atoms with Gasteiger partial charge in [0.1, 0.15) is 17.7 Å². The van der Waals surface area contributed by atoms with E-state index < -0.39 is 23.8 Å². The van der Waals surface area contributed by atoms with Gasteiger partial charge in [0.05, 0.1) is 10.7 Å². The standard InChI is InChI=1S/C29H40ClN3O4/c1-8-9-18-33(27(35)23(19(2)3)32-28(36)37-29(5,6)7)25(21-15-11-10-12-16-21)26(34)31-24-20(4)14-13-17-22(24)30/h10-17,19,23,25H,8-9,18H2,1-7H3,(H,31,34)(H,32,36). The van der Waals surface area contributed by atoms with Crippen LogP contribution in [-0.2, 0) is 14.3 Å². The molecule has 0 heterocycles. The van der Waals surface area contributed by atoms with E-state index in [4.69, 9.17) is 16.3 Å². The number of benzene rings is 2. The van der Waals surface area contributed by atoms with Gasteiger partial charge in [-0.2, -0.15) is 0 Å². The molecule has 2 atom stereocenters. The number of ether oxygens (including phenoxy) is 1. The number of nitrogens with one attached hydrogen (secondary N) is 2. The molecule has 0 fully saturated rings. The lowest BCUT2D eigenvalue weighted by atomic mass is 9.98. The van der Waals surface area contributed by atoms with E-state index in [0.717, 1.165) is 12.0 Å². The van der Waals surface area contributed by atoms with Gasteiger partial charge in [-0.1, -0.05) is 81.3 Å². The van der Waals surface area contributed by atoms with Crippen LogP contribution in [0.3, 0.4) is 0 Å². The Balaban J connectivity index is 2.51. The molecular formula is C29H40ClN3O4. The number of anilines is 1. The Morgan fingerprint density at radius 3 is 2.22 bits per heavy atom. The van der Waals surface area contributed by atoms with Crippen LogP contribution in [0.25, 0.3) is 0 Å². The maximum absolute atomic E-state index is 14.0. The summed E-state index contributed by atoms with van der Waals surface area (Å²) in [5, 5.41) is 6.10. The van der Waals surface area contributed by atoms with Gasteiger partial charge in [0, 0.05) is 6.54 Å². The average Bonchev–Trinajstić information content (AvgIpc) is 2.81. The van der Waals surface area contributed by atoms with Crippen LogP contribution in [0.15, 0.2) is 48.5 Å². The van der Waals surface area contributed by atoms with Crippen LogP contribution in [0, 0.1) is 12.8 Å². The molecule has 0 aliphatic rings. The number of carbonyl (C=O) groups is 3. The van der Waals surface area contributed by atoms with Crippen molar-refractivity contribution in [1.29, 1.82) is 0 Å². The zero-order valence-electron chi connectivity index (χ0n) is 22.9. The number of amides is 3. The Hall–Kier alpha value is -3.06. The van der Waals surface area contributed by atoms with Crippen molar-refractivity contribution in [3.05, 3.63) is 64.7 Å². The molecule has 7 nitrogen and oxygen atoms in total. The van der Waals surface area contributed by atoms with Crippen LogP contribution in [0.5, 0.6) is 0 Å². The van der Waals surface area contributed by atoms with Crippen molar-refractivity contribution < 1.29 is 19.1 Å². The van der Waals surface area contributed by atoms with E-state index in [0.29, 0.717) is 29.2 Å². The molecule has 37 heavy (non-hydrogen) atoms. The molecule has 0 aliphatic heterocycles. The summed E-state index contributed by atoms with van der Waals surface area (Å²) in [5.74, 6) is -0.977. The predicted octanol–water partition coefficient (Wildman–Crippen LogP) is 6.51. The first-order chi connectivity index (χ1) is 17.4. The van der Waals surface area contributed by atoms with E-state index >= 15 is 0 Å². The SMILES string of the molecule is CCCCN(C(=O)C(NC(=O)OC(C)(C)C)C(C)C)C(C(=O)Nc1c(C)cccc1Cl)c1ccccc1. The summed E-state index contributed by atoms with van der Waals surface area (Å²) >= 11 is 6.40. The number of halogens is 1. The van der Waals surface area contributed by atoms with Crippen LogP contribution in [0.2, 0.25) is 5.02 Å². The number of hydrogen-bond acceptors (Lipinski definition) is 4. The van der Waals surface area contributed by atoms with Gasteiger partial charge in [-0.15, -0.1) is 0 Å². The molecule has 3 amide bonds. The number of hydrogen-bond donors (Lipinski definition) is 2. The van der Waals surface area contributed by atoms with Crippen molar-refractivity contribution in [1.82, 2.24) is 10.2 Å². The maximum Gasteiger partial charge on any atom is 0.408 e. The summed E-state index contributed by atoms with van der Waals surface area (Å²) in [6.07, 6.45) is 0.829. The van der Waals surface area contributed by atoms with Crippen molar-refractivity contribution in [2.24, 2.45) is 5.92 Å². The van der Waals surface area contributed by atoms with Crippen LogP contribution in [0.1, 0.15) is 71.6 Å². The monoisotopic (exact) mass is 529 g/mol. The molecule has 0 spiro atoms. The molecule has 2 N–H and O–H groups in total. The third kappa shape index (κ3) is 8.78. The number of alkyl carbamates (subject to hydrolysis) is 1. The minimum atomic E-state index is -0.933. The van der Waals surface area contributed by atoms with Crippen LogP contribution in [-0.4, -0.2) is 41.0 Å². The molecule has 2 unspecified atom stereocenters. The number of carbonyl (C=O) groups excluding carboxylic acids is 3. The van der Waals surface area contributed by atoms with Crippen molar-refractivity contribution in [2.45, 2.75) is 79.0 Å². The fraction of sp³-hybridized carbons (Fsp3) is 0.483. The Morgan fingerprint density at radius 2 is 1.68 bits per heavy atom. The lowest BCUT2D eigenvalue weighted by Crippen LogP contribution is -2.54. The Kier molecular flexibility index (Phi) is 11.0. The quantitative estimate of drug-likeness (QED) is 0.367. The first-order valence-electron chi connectivity index (χ1n) is 12.8. The second kappa shape index (κ2) is 13.5. The number of nitrogens with zero attached hydrogens (tertiary/aromatic N) is 1. The van der Waals surface area contributed by atoms with Gasteiger partial charge in [-0.05, 0) is 57.2 Å². The largest absolute Gasteiger partial charge is 0.444 e. The molecule has 0 bridgehead atoms. The summed E-state index contributed by atoms with van der Waals surface area (Å²) in [7, 11) is 0. The Morgan fingerprint density at radius 1 is 1.03 bits per heavy atom. The van der Waals surface area contributed by atoms with E-state index in [2.05, 4.69) is 10.6 Å². The van der Waals surface area contributed by atoms with Gasteiger partial charge in [-0.25, -0.2) is 4.79 Å². The maximum atomic E-state index is 14.0. The minimum Gasteiger partial charge on any atom is -0.444 e. The molecule has 0 saturated heterocycles. The van der Waals surface area contributed by atoms with E-state index in [1.54, 1.807) is 31.7 Å². The topological polar surface area (TPSA) is 87.7 Å². The highest BCUT2D eigenvalue weighted by atomic mass is 35.5. The normalized spacial score (nSPS) is 13.0. The van der Waals surface area contributed by atoms with E-state index in [1.807, 2.05) is 70.2 Å². The molecule has 0 aliphatic carbocycles. The Bertz CT molecular complexity index is 1050. The summed E-state index contributed by atoms with van der Waals surface area (Å²) in [4.78, 5) is 42.1. The van der Waals surface area contributed by atoms with Gasteiger partial charge in [-0.3, -0.25) is 9.59 Å². The first-order valence-corrected chi connectivity index (χ1v) is 13.1. The van der Waals surface area contributed by atoms with Gasteiger partial charge >= 0.3 is 6.09 Å². The molecular weight excluding hydrogens is 490 g/mol. The van der Waals surface area contributed by atoms with Crippen molar-refractivity contribution in [3.8, 4) is 0 Å². The lowest BCUT2D eigenvalue weighted by molar-refractivity contribution is -0.141. The molecule has 0 aromatic heterocycles. The second-order valence-corrected chi connectivity index (χ2v) is 10.9. The van der Waals surface area contributed by atoms with Gasteiger partial charge < -0.3 is 20.3 Å². The lowest BCUT2D eigenvalue weighted by Gasteiger charge is -2.35. The number of unbranched alkanes of at least 4 members (excludes halogenated alkanes) is 1. The smallest absolute Gasteiger partial charge is 0.408 e. The fourth-order valence-corrected chi connectivity index (χ4v) is 4.18. The molecule has 2 aromatic carbocycles. The van der Waals surface area contributed by atoms with Gasteiger partial charge in [0.15, 0.2) is 0 Å². The van der Waals surface area contributed by atoms with Crippen LogP contribution in [0.4, 0.5) is 10.5 Å². The molecule has 202 valence electrons. The molecule has 0 radical (unpaired) electrons. The van der Waals surface area contributed by atoms with Crippen molar-refractivity contribution in [3.63, 3.8) is 0 Å². The average molecular weight is 530 g/mol. The zero-order valence-corrected chi connectivity index (χ0v) is 23.7. The van der Waals surface area contributed by atoms with Crippen LogP contribution >= 0.6 is 11.6 Å². The van der Waals surface area contributed by atoms with Crippen LogP contribution < -0.4 is 10.6 Å². The summed E-state index contributed by atoms with van der Waals surface area (Å²) < 4.78 is 5.41. The number of rotatable bonds is 10. The Labute approximate surface area is 225 Å². The molecule has 2 aromatic rings. The fourth-order valence-electron chi connectivity index (χ4n) is 3.91. The molecule has 2 rings (SSSR count). The van der Waals surface area contributed by atoms with Crippen molar-refractivity contribution >= 4 is 35.2 Å². The third-order valence-corrected chi connectivity index (χ3v) is 6.10. The molecule has 0 saturated carbocycles. The van der Waals surface area contributed by atoms with Gasteiger partial charge in [0.25, 0.3) is 5.91 Å². The van der Waals surface area contributed by atoms with E-state index in [1.165, 1.54) is 0 Å². The third-order valence-electron chi connectivity index (χ3n) is 5.79. The highest BCUT2D eigenvalue weighted by Crippen LogP contribution is 2.30. The highest BCUT2D eigenvalue weighted by Gasteiger charge is 2.37. The van der Waals surface area contributed by atoms with Crippen molar-refractivity contribution in [2.75, 3.05) is 11.9 Å². The minimum absolute atomic E-state index is 0.241. The summed E-state index contributed by atoms with van der Waals surface area (Å²) in [5.41, 5.74) is 1.26. The van der Waals surface area contributed by atoms with E-state index in [-0.39, 0.29) is 17.7 Å². The zero-order chi connectivity index (χ0) is 27.8. The first kappa shape index (κ1) is 30.2. The molecule has 8 heteroatoms. The number of para-hydroxylation sites is 1. The predicted molar refractivity (Wildman–Crippen MR) is 149 cm³/mol. The van der Waals surface area contributed by atoms with E-state index in [9.17, 15) is 14.4 Å². The second-order valence-electron chi connectivity index (χ2n) is 10.5. The van der Waals surface area contributed by atoms with Gasteiger partial charge in [0.2, 0.25) is 5.91 Å².